The Kier molecular flexibility index (Phi) is 4.32. The minimum absolute atomic E-state index is 0.878. The van der Waals surface area contributed by atoms with E-state index in [1.165, 1.54) is 6.42 Å². The number of anilines is 1. The van der Waals surface area contributed by atoms with Crippen LogP contribution in [0.2, 0.25) is 0 Å². The molecule has 3 nitrogen and oxygen atoms in total. The van der Waals surface area contributed by atoms with Crippen molar-refractivity contribution in [1.82, 2.24) is 9.97 Å². The van der Waals surface area contributed by atoms with Crippen molar-refractivity contribution in [1.29, 1.82) is 0 Å². The molecule has 1 aromatic rings. The number of aromatic nitrogens is 2. The lowest BCUT2D eigenvalue weighted by molar-refractivity contribution is 0.748. The third-order valence-corrected chi connectivity index (χ3v) is 3.00. The maximum atomic E-state index is 4.42. The molecule has 14 heavy (non-hydrogen) atoms. The quantitative estimate of drug-likeness (QED) is 0.902. The third-order valence-electron chi connectivity index (χ3n) is 2.05. The van der Waals surface area contributed by atoms with Crippen molar-refractivity contribution in [3.63, 3.8) is 0 Å². The van der Waals surface area contributed by atoms with Crippen LogP contribution in [0.3, 0.4) is 0 Å². The summed E-state index contributed by atoms with van der Waals surface area (Å²) in [6, 6.07) is 0. The first-order chi connectivity index (χ1) is 6.69. The number of hydrogen-bond donors (Lipinski definition) is 1. The van der Waals surface area contributed by atoms with Crippen LogP contribution in [0, 0.1) is 6.92 Å². The molecule has 0 spiro atoms. The number of hydrogen-bond acceptors (Lipinski definition) is 3. The summed E-state index contributed by atoms with van der Waals surface area (Å²) in [7, 11) is 1.87. The Morgan fingerprint density at radius 3 is 2.64 bits per heavy atom. The summed E-state index contributed by atoms with van der Waals surface area (Å²) in [4.78, 5) is 8.84. The summed E-state index contributed by atoms with van der Waals surface area (Å²) >= 11 is 3.46. The van der Waals surface area contributed by atoms with E-state index >= 15 is 0 Å². The van der Waals surface area contributed by atoms with E-state index in [2.05, 4.69) is 38.1 Å². The molecule has 1 N–H and O–H groups in total. The SMILES string of the molecule is CCCCc1nc(C)c(Br)c(NC)n1. The predicted molar refractivity (Wildman–Crippen MR) is 62.6 cm³/mol. The molecule has 1 heterocycles. The van der Waals surface area contributed by atoms with E-state index < -0.39 is 0 Å². The molecule has 1 rings (SSSR count). The molecule has 0 unspecified atom stereocenters. The maximum absolute atomic E-state index is 4.42. The molecule has 0 saturated heterocycles. The average molecular weight is 258 g/mol. The minimum Gasteiger partial charge on any atom is -0.372 e. The molecular formula is C10H16BrN3. The molecule has 0 aliphatic heterocycles. The standard InChI is InChI=1S/C10H16BrN3/c1-4-5-6-8-13-7(2)9(11)10(12-3)14-8/h4-6H2,1-3H3,(H,12,13,14). The number of unbranched alkanes of at least 4 members (excludes halogenated alkanes) is 1. The number of halogens is 1. The van der Waals surface area contributed by atoms with Crippen LogP contribution >= 0.6 is 15.9 Å². The highest BCUT2D eigenvalue weighted by Gasteiger charge is 2.07. The smallest absolute Gasteiger partial charge is 0.144 e. The van der Waals surface area contributed by atoms with Crippen LogP contribution in [0.1, 0.15) is 31.3 Å². The van der Waals surface area contributed by atoms with Crippen molar-refractivity contribution < 1.29 is 0 Å². The molecule has 1 aromatic heterocycles. The second-order valence-electron chi connectivity index (χ2n) is 3.24. The van der Waals surface area contributed by atoms with E-state index in [0.29, 0.717) is 0 Å². The molecule has 0 aliphatic carbocycles. The molecule has 78 valence electrons. The van der Waals surface area contributed by atoms with Gasteiger partial charge in [-0.1, -0.05) is 13.3 Å². The van der Waals surface area contributed by atoms with Gasteiger partial charge in [0.05, 0.1) is 10.2 Å². The largest absolute Gasteiger partial charge is 0.372 e. The zero-order chi connectivity index (χ0) is 10.6. The summed E-state index contributed by atoms with van der Waals surface area (Å²) in [5.41, 5.74) is 0.996. The van der Waals surface area contributed by atoms with Gasteiger partial charge in [0.15, 0.2) is 0 Å². The van der Waals surface area contributed by atoms with Crippen molar-refractivity contribution in [2.24, 2.45) is 0 Å². The molecule has 4 heteroatoms. The van der Waals surface area contributed by atoms with Gasteiger partial charge < -0.3 is 5.32 Å². The summed E-state index contributed by atoms with van der Waals surface area (Å²) < 4.78 is 0.959. The molecule has 0 atom stereocenters. The Bertz CT molecular complexity index is 312. The molecular weight excluding hydrogens is 242 g/mol. The number of rotatable bonds is 4. The lowest BCUT2D eigenvalue weighted by Crippen LogP contribution is -2.03. The van der Waals surface area contributed by atoms with Crippen molar-refractivity contribution in [2.75, 3.05) is 12.4 Å². The van der Waals surface area contributed by atoms with Crippen LogP contribution in [-0.4, -0.2) is 17.0 Å². The van der Waals surface area contributed by atoms with Crippen molar-refractivity contribution >= 4 is 21.7 Å². The monoisotopic (exact) mass is 257 g/mol. The number of nitrogens with zero attached hydrogens (tertiary/aromatic N) is 2. The molecule has 0 bridgehead atoms. The van der Waals surface area contributed by atoms with E-state index in [1.807, 2.05) is 14.0 Å². The summed E-state index contributed by atoms with van der Waals surface area (Å²) in [6.07, 6.45) is 3.27. The topological polar surface area (TPSA) is 37.8 Å². The normalized spacial score (nSPS) is 10.3. The molecule has 0 aromatic carbocycles. The fourth-order valence-corrected chi connectivity index (χ4v) is 1.61. The van der Waals surface area contributed by atoms with E-state index in [9.17, 15) is 0 Å². The van der Waals surface area contributed by atoms with Crippen LogP contribution in [0.4, 0.5) is 5.82 Å². The summed E-state index contributed by atoms with van der Waals surface area (Å²) in [5.74, 6) is 1.81. The van der Waals surface area contributed by atoms with Crippen LogP contribution < -0.4 is 5.32 Å². The van der Waals surface area contributed by atoms with Gasteiger partial charge in [-0.2, -0.15) is 0 Å². The molecule has 0 amide bonds. The highest BCUT2D eigenvalue weighted by Crippen LogP contribution is 2.22. The van der Waals surface area contributed by atoms with Crippen molar-refractivity contribution in [3.8, 4) is 0 Å². The Morgan fingerprint density at radius 1 is 1.36 bits per heavy atom. The van der Waals surface area contributed by atoms with Gasteiger partial charge in [-0.15, -0.1) is 0 Å². The van der Waals surface area contributed by atoms with Crippen molar-refractivity contribution in [2.45, 2.75) is 33.1 Å². The van der Waals surface area contributed by atoms with Gasteiger partial charge in [-0.25, -0.2) is 9.97 Å². The zero-order valence-corrected chi connectivity index (χ0v) is 10.5. The Labute approximate surface area is 93.5 Å². The van der Waals surface area contributed by atoms with Crippen LogP contribution in [0.5, 0.6) is 0 Å². The minimum atomic E-state index is 0.878. The first-order valence-electron chi connectivity index (χ1n) is 4.89. The Hall–Kier alpha value is -0.640. The van der Waals surface area contributed by atoms with Crippen LogP contribution in [0.15, 0.2) is 4.47 Å². The van der Waals surface area contributed by atoms with Gasteiger partial charge in [0.25, 0.3) is 0 Å². The van der Waals surface area contributed by atoms with Gasteiger partial charge in [0.1, 0.15) is 11.6 Å². The molecule has 0 aliphatic rings. The van der Waals surface area contributed by atoms with Gasteiger partial charge in [-0.05, 0) is 29.3 Å². The lowest BCUT2D eigenvalue weighted by atomic mass is 10.2. The third kappa shape index (κ3) is 2.67. The zero-order valence-electron chi connectivity index (χ0n) is 8.89. The second-order valence-corrected chi connectivity index (χ2v) is 4.03. The number of nitrogens with one attached hydrogen (secondary N) is 1. The van der Waals surface area contributed by atoms with Crippen LogP contribution in [0.25, 0.3) is 0 Å². The first kappa shape index (κ1) is 11.4. The molecule has 0 saturated carbocycles. The average Bonchev–Trinajstić information content (AvgIpc) is 2.19. The first-order valence-corrected chi connectivity index (χ1v) is 5.69. The van der Waals surface area contributed by atoms with Gasteiger partial charge >= 0.3 is 0 Å². The number of aryl methyl sites for hydroxylation is 2. The van der Waals surface area contributed by atoms with E-state index in [0.717, 1.165) is 34.7 Å². The Balaban J connectivity index is 2.91. The maximum Gasteiger partial charge on any atom is 0.144 e. The molecule has 0 radical (unpaired) electrons. The van der Waals surface area contributed by atoms with Crippen molar-refractivity contribution in [3.05, 3.63) is 16.0 Å². The highest BCUT2D eigenvalue weighted by molar-refractivity contribution is 9.10. The van der Waals surface area contributed by atoms with Gasteiger partial charge in [0.2, 0.25) is 0 Å². The fourth-order valence-electron chi connectivity index (χ4n) is 1.23. The van der Waals surface area contributed by atoms with Gasteiger partial charge in [-0.3, -0.25) is 0 Å². The fraction of sp³-hybridized carbons (Fsp3) is 0.600. The summed E-state index contributed by atoms with van der Waals surface area (Å²) in [5, 5.41) is 3.05. The van der Waals surface area contributed by atoms with E-state index in [-0.39, 0.29) is 0 Å². The lowest BCUT2D eigenvalue weighted by Gasteiger charge is -2.07. The van der Waals surface area contributed by atoms with Crippen LogP contribution in [-0.2, 0) is 6.42 Å². The Morgan fingerprint density at radius 2 is 2.07 bits per heavy atom. The highest BCUT2D eigenvalue weighted by atomic mass is 79.9. The van der Waals surface area contributed by atoms with Gasteiger partial charge in [0, 0.05) is 13.5 Å². The summed E-state index contributed by atoms with van der Waals surface area (Å²) in [6.45, 7) is 4.16. The second kappa shape index (κ2) is 5.29. The molecule has 0 fully saturated rings. The van der Waals surface area contributed by atoms with E-state index in [1.54, 1.807) is 0 Å². The predicted octanol–water partition coefficient (Wildman–Crippen LogP) is 2.93. The van der Waals surface area contributed by atoms with E-state index in [4.69, 9.17) is 0 Å².